The van der Waals surface area contributed by atoms with Crippen molar-refractivity contribution in [2.24, 2.45) is 5.10 Å². The van der Waals surface area contributed by atoms with Crippen LogP contribution >= 0.6 is 22.7 Å². The smallest absolute Gasteiger partial charge is 0.342 e. The molecule has 6 nitrogen and oxygen atoms in total. The summed E-state index contributed by atoms with van der Waals surface area (Å²) in [6, 6.07) is 13.7. The molecule has 0 bridgehead atoms. The summed E-state index contributed by atoms with van der Waals surface area (Å²) < 4.78 is 5.12. The van der Waals surface area contributed by atoms with E-state index in [-0.39, 0.29) is 17.4 Å². The number of aromatic hydroxyl groups is 1. The molecule has 0 saturated carbocycles. The molecule has 1 N–H and O–H groups in total. The second kappa shape index (κ2) is 7.95. The number of phenolic OH excluding ortho intramolecular Hbond substituents is 1. The van der Waals surface area contributed by atoms with E-state index in [1.54, 1.807) is 34.8 Å². The minimum Gasteiger partial charge on any atom is -0.507 e. The Labute approximate surface area is 169 Å². The molecule has 3 aromatic rings. The molecule has 0 unspecified atom stereocenters. The Kier molecular flexibility index (Phi) is 5.23. The predicted molar refractivity (Wildman–Crippen MR) is 108 cm³/mol. The van der Waals surface area contributed by atoms with Gasteiger partial charge in [0.1, 0.15) is 11.3 Å². The van der Waals surface area contributed by atoms with Crippen LogP contribution in [0, 0.1) is 0 Å². The van der Waals surface area contributed by atoms with Gasteiger partial charge in [0.2, 0.25) is 0 Å². The lowest BCUT2D eigenvalue weighted by Crippen LogP contribution is -2.31. The zero-order chi connectivity index (χ0) is 19.5. The second-order valence-electron chi connectivity index (χ2n) is 6.09. The first-order valence-electron chi connectivity index (χ1n) is 8.55. The molecule has 0 fully saturated rings. The van der Waals surface area contributed by atoms with Crippen molar-refractivity contribution in [2.75, 3.05) is 6.61 Å². The summed E-state index contributed by atoms with van der Waals surface area (Å²) in [7, 11) is 0. The van der Waals surface area contributed by atoms with Crippen molar-refractivity contribution in [2.45, 2.75) is 12.5 Å². The van der Waals surface area contributed by atoms with Crippen LogP contribution in [0.3, 0.4) is 0 Å². The first kappa shape index (κ1) is 18.4. The van der Waals surface area contributed by atoms with Crippen molar-refractivity contribution >= 4 is 40.3 Å². The van der Waals surface area contributed by atoms with Crippen molar-refractivity contribution in [1.82, 2.24) is 5.01 Å². The molecule has 1 aromatic carbocycles. The lowest BCUT2D eigenvalue weighted by Gasteiger charge is -2.20. The Balaban J connectivity index is 1.50. The molecule has 1 aliphatic rings. The monoisotopic (exact) mass is 412 g/mol. The second-order valence-corrected chi connectivity index (χ2v) is 8.02. The maximum atomic E-state index is 12.8. The Hall–Kier alpha value is -2.97. The molecule has 0 saturated heterocycles. The van der Waals surface area contributed by atoms with Gasteiger partial charge in [-0.05, 0) is 35.0 Å². The summed E-state index contributed by atoms with van der Waals surface area (Å²) in [5.41, 5.74) is 0.864. The number of ether oxygens (including phenoxy) is 1. The van der Waals surface area contributed by atoms with Crippen LogP contribution in [-0.4, -0.2) is 34.3 Å². The summed E-state index contributed by atoms with van der Waals surface area (Å²) >= 11 is 3.13. The lowest BCUT2D eigenvalue weighted by molar-refractivity contribution is -0.136. The molecule has 2 aromatic heterocycles. The van der Waals surface area contributed by atoms with Crippen molar-refractivity contribution in [3.05, 3.63) is 74.6 Å². The predicted octanol–water partition coefficient (Wildman–Crippen LogP) is 4.05. The van der Waals surface area contributed by atoms with E-state index in [1.165, 1.54) is 17.1 Å². The molecule has 4 rings (SSSR count). The van der Waals surface area contributed by atoms with Crippen molar-refractivity contribution < 1.29 is 19.4 Å². The largest absolute Gasteiger partial charge is 0.507 e. The minimum atomic E-state index is -0.749. The summed E-state index contributed by atoms with van der Waals surface area (Å²) in [4.78, 5) is 27.0. The lowest BCUT2D eigenvalue weighted by atomic mass is 10.1. The molecule has 1 aliphatic heterocycles. The van der Waals surface area contributed by atoms with Gasteiger partial charge in [-0.2, -0.15) is 5.10 Å². The van der Waals surface area contributed by atoms with Crippen LogP contribution in [-0.2, 0) is 9.53 Å². The number of esters is 1. The molecule has 1 amide bonds. The third-order valence-electron chi connectivity index (χ3n) is 4.29. The van der Waals surface area contributed by atoms with E-state index in [0.29, 0.717) is 6.42 Å². The number of hydrogen-bond acceptors (Lipinski definition) is 7. The number of hydrogen-bond donors (Lipinski definition) is 1. The van der Waals surface area contributed by atoms with Crippen LogP contribution in [0.2, 0.25) is 0 Å². The number of thiophene rings is 2. The number of para-hydroxylation sites is 1. The van der Waals surface area contributed by atoms with Crippen LogP contribution in [0.15, 0.2) is 64.4 Å². The molecule has 0 spiro atoms. The first-order valence-corrected chi connectivity index (χ1v) is 10.3. The van der Waals surface area contributed by atoms with E-state index < -0.39 is 18.5 Å². The van der Waals surface area contributed by atoms with E-state index in [0.717, 1.165) is 15.5 Å². The first-order chi connectivity index (χ1) is 13.6. The average Bonchev–Trinajstić information content (AvgIpc) is 3.46. The Morgan fingerprint density at radius 1 is 1.11 bits per heavy atom. The number of nitrogens with zero attached hydrogens (tertiary/aromatic N) is 2. The van der Waals surface area contributed by atoms with Crippen LogP contribution < -0.4 is 0 Å². The molecule has 1 atom stereocenters. The Morgan fingerprint density at radius 2 is 1.89 bits per heavy atom. The third-order valence-corrected chi connectivity index (χ3v) is 6.19. The van der Waals surface area contributed by atoms with Crippen LogP contribution in [0.25, 0.3) is 0 Å². The highest BCUT2D eigenvalue weighted by Gasteiger charge is 2.34. The summed E-state index contributed by atoms with van der Waals surface area (Å²) in [6.07, 6.45) is 0.611. The molecule has 28 heavy (non-hydrogen) atoms. The van der Waals surface area contributed by atoms with E-state index in [4.69, 9.17) is 4.74 Å². The summed E-state index contributed by atoms with van der Waals surface area (Å²) in [5.74, 6) is -1.34. The molecular weight excluding hydrogens is 396 g/mol. The van der Waals surface area contributed by atoms with Gasteiger partial charge in [0.15, 0.2) is 6.61 Å². The van der Waals surface area contributed by atoms with Crippen LogP contribution in [0.4, 0.5) is 0 Å². The van der Waals surface area contributed by atoms with Gasteiger partial charge < -0.3 is 9.84 Å². The topological polar surface area (TPSA) is 79.2 Å². The highest BCUT2D eigenvalue weighted by Crippen LogP contribution is 2.35. The fourth-order valence-corrected chi connectivity index (χ4v) is 4.48. The molecule has 0 aliphatic carbocycles. The maximum absolute atomic E-state index is 12.8. The van der Waals surface area contributed by atoms with Gasteiger partial charge in [0.05, 0.1) is 16.6 Å². The molecular formula is C20H16N2O4S2. The van der Waals surface area contributed by atoms with Crippen molar-refractivity contribution in [1.29, 1.82) is 0 Å². The molecule has 3 heterocycles. The number of hydrazone groups is 1. The van der Waals surface area contributed by atoms with Gasteiger partial charge in [-0.15, -0.1) is 22.7 Å². The number of phenols is 1. The van der Waals surface area contributed by atoms with Crippen LogP contribution in [0.1, 0.15) is 32.6 Å². The van der Waals surface area contributed by atoms with Gasteiger partial charge in [-0.25, -0.2) is 9.80 Å². The quantitative estimate of drug-likeness (QED) is 0.641. The number of amides is 1. The van der Waals surface area contributed by atoms with Crippen molar-refractivity contribution in [3.63, 3.8) is 0 Å². The van der Waals surface area contributed by atoms with E-state index >= 15 is 0 Å². The Bertz CT molecular complexity index is 1010. The van der Waals surface area contributed by atoms with E-state index in [1.807, 2.05) is 35.0 Å². The highest BCUT2D eigenvalue weighted by atomic mass is 32.1. The third kappa shape index (κ3) is 3.69. The normalized spacial score (nSPS) is 16.1. The molecule has 0 radical (unpaired) electrons. The van der Waals surface area contributed by atoms with Gasteiger partial charge >= 0.3 is 5.97 Å². The molecule has 8 heteroatoms. The summed E-state index contributed by atoms with van der Waals surface area (Å²) in [6.45, 7) is -0.448. The van der Waals surface area contributed by atoms with Crippen molar-refractivity contribution in [3.8, 4) is 5.75 Å². The van der Waals surface area contributed by atoms with Gasteiger partial charge in [-0.1, -0.05) is 24.3 Å². The average molecular weight is 412 g/mol. The van der Waals surface area contributed by atoms with Gasteiger partial charge in [0, 0.05) is 11.3 Å². The zero-order valence-electron chi connectivity index (χ0n) is 14.6. The van der Waals surface area contributed by atoms with Gasteiger partial charge in [-0.3, -0.25) is 4.79 Å². The molecule has 142 valence electrons. The van der Waals surface area contributed by atoms with Crippen LogP contribution in [0.5, 0.6) is 5.75 Å². The number of carbonyl (C=O) groups excluding carboxylic acids is 2. The summed E-state index contributed by atoms with van der Waals surface area (Å²) in [5, 5.41) is 19.6. The van der Waals surface area contributed by atoms with Gasteiger partial charge in [0.25, 0.3) is 5.91 Å². The standard InChI is InChI=1S/C20H16N2O4S2/c23-16-6-2-1-5-13(16)20(25)26-12-19(24)22-15(18-8-4-10-28-18)11-14(21-22)17-7-3-9-27-17/h1-10,15,23H,11-12H2/t15-/m0/s1. The van der Waals surface area contributed by atoms with E-state index in [2.05, 4.69) is 5.10 Å². The number of carbonyl (C=O) groups is 2. The fourth-order valence-electron chi connectivity index (χ4n) is 2.95. The number of rotatable bonds is 5. The number of benzene rings is 1. The highest BCUT2D eigenvalue weighted by molar-refractivity contribution is 7.12. The fraction of sp³-hybridized carbons (Fsp3) is 0.150. The minimum absolute atomic E-state index is 0.0225. The van der Waals surface area contributed by atoms with E-state index in [9.17, 15) is 14.7 Å². The zero-order valence-corrected chi connectivity index (χ0v) is 16.3. The SMILES string of the molecule is O=C(OCC(=O)N1N=C(c2cccs2)C[C@H]1c1cccs1)c1ccccc1O. The Morgan fingerprint density at radius 3 is 2.61 bits per heavy atom. The maximum Gasteiger partial charge on any atom is 0.342 e.